The highest BCUT2D eigenvalue weighted by Crippen LogP contribution is 2.31. The number of carbonyl (C=O) groups is 2. The Morgan fingerprint density at radius 2 is 2.14 bits per heavy atom. The number of hydrogen-bond donors (Lipinski definition) is 1. The van der Waals surface area contributed by atoms with E-state index in [0.717, 1.165) is 41.6 Å². The lowest BCUT2D eigenvalue weighted by molar-refractivity contribution is -0.132. The minimum absolute atomic E-state index is 0.0136. The number of Topliss-reactive ketones (excluding diaryl/α,β-unsaturated/α-hetero) is 1. The zero-order chi connectivity index (χ0) is 19.8. The third-order valence-electron chi connectivity index (χ3n) is 5.53. The van der Waals surface area contributed by atoms with Crippen molar-refractivity contribution >= 4 is 22.6 Å². The van der Waals surface area contributed by atoms with Gasteiger partial charge in [0.1, 0.15) is 12.4 Å². The highest BCUT2D eigenvalue weighted by atomic mass is 16.2. The number of aromatic amines is 1. The first-order valence-electron chi connectivity index (χ1n) is 9.79. The average Bonchev–Trinajstić information content (AvgIpc) is 3.39. The third-order valence-corrected chi connectivity index (χ3v) is 5.53. The van der Waals surface area contributed by atoms with E-state index in [0.29, 0.717) is 17.9 Å². The lowest BCUT2D eigenvalue weighted by Gasteiger charge is -2.23. The largest absolute Gasteiger partial charge is 0.337 e. The van der Waals surface area contributed by atoms with Crippen molar-refractivity contribution in [2.24, 2.45) is 0 Å². The molecule has 0 bridgehead atoms. The number of rotatable bonds is 5. The van der Waals surface area contributed by atoms with Gasteiger partial charge in [-0.1, -0.05) is 25.1 Å². The predicted octanol–water partition coefficient (Wildman–Crippen LogP) is 3.20. The Morgan fingerprint density at radius 1 is 1.32 bits per heavy atom. The predicted molar refractivity (Wildman–Crippen MR) is 106 cm³/mol. The van der Waals surface area contributed by atoms with Gasteiger partial charge in [0, 0.05) is 23.7 Å². The summed E-state index contributed by atoms with van der Waals surface area (Å²) < 4.78 is 1.94. The maximum absolute atomic E-state index is 13.2. The van der Waals surface area contributed by atoms with E-state index in [1.54, 1.807) is 6.92 Å². The van der Waals surface area contributed by atoms with Gasteiger partial charge in [-0.15, -0.1) is 0 Å². The highest BCUT2D eigenvalue weighted by molar-refractivity contribution is 6.07. The molecular weight excluding hydrogens is 354 g/mol. The molecule has 1 fully saturated rings. The summed E-state index contributed by atoms with van der Waals surface area (Å²) in [5, 5.41) is 8.05. The van der Waals surface area contributed by atoms with Crippen LogP contribution >= 0.6 is 0 Å². The van der Waals surface area contributed by atoms with Gasteiger partial charge in [-0.05, 0) is 38.7 Å². The summed E-state index contributed by atoms with van der Waals surface area (Å²) in [6, 6.07) is 5.91. The third kappa shape index (κ3) is 3.10. The SMILES string of the molecule is CCc1cccc2c(C(C)=O)cn(CC(=O)N3CCC[C@@H]3c3n[nH]c(C)n3)c12. The lowest BCUT2D eigenvalue weighted by Crippen LogP contribution is -2.33. The van der Waals surface area contributed by atoms with E-state index >= 15 is 0 Å². The van der Waals surface area contributed by atoms with E-state index in [-0.39, 0.29) is 24.3 Å². The summed E-state index contributed by atoms with van der Waals surface area (Å²) in [5.41, 5.74) is 2.79. The topological polar surface area (TPSA) is 83.9 Å². The summed E-state index contributed by atoms with van der Waals surface area (Å²) in [6.45, 7) is 6.43. The highest BCUT2D eigenvalue weighted by Gasteiger charge is 2.33. The second kappa shape index (κ2) is 7.22. The number of amides is 1. The molecule has 1 N–H and O–H groups in total. The van der Waals surface area contributed by atoms with Crippen LogP contribution in [0.5, 0.6) is 0 Å². The number of carbonyl (C=O) groups excluding carboxylic acids is 2. The van der Waals surface area contributed by atoms with Crippen LogP contribution in [0.4, 0.5) is 0 Å². The van der Waals surface area contributed by atoms with Crippen molar-refractivity contribution in [3.8, 4) is 0 Å². The van der Waals surface area contributed by atoms with E-state index in [4.69, 9.17) is 0 Å². The molecule has 0 aliphatic carbocycles. The molecule has 3 heterocycles. The van der Waals surface area contributed by atoms with E-state index in [9.17, 15) is 9.59 Å². The van der Waals surface area contributed by atoms with Gasteiger partial charge in [-0.3, -0.25) is 14.7 Å². The van der Waals surface area contributed by atoms with Crippen molar-refractivity contribution in [1.82, 2.24) is 24.6 Å². The van der Waals surface area contributed by atoms with Crippen LogP contribution in [-0.2, 0) is 17.8 Å². The first kappa shape index (κ1) is 18.4. The number of benzene rings is 1. The number of aromatic nitrogens is 4. The Kier molecular flexibility index (Phi) is 4.75. The van der Waals surface area contributed by atoms with E-state index in [1.165, 1.54) is 0 Å². The van der Waals surface area contributed by atoms with Crippen molar-refractivity contribution in [2.75, 3.05) is 6.54 Å². The minimum Gasteiger partial charge on any atom is -0.337 e. The van der Waals surface area contributed by atoms with Gasteiger partial charge in [-0.2, -0.15) is 5.10 Å². The first-order valence-corrected chi connectivity index (χ1v) is 9.79. The van der Waals surface area contributed by atoms with Gasteiger partial charge in [0.15, 0.2) is 11.6 Å². The van der Waals surface area contributed by atoms with Crippen LogP contribution < -0.4 is 0 Å². The number of H-pyrrole nitrogens is 1. The molecule has 0 unspecified atom stereocenters. The number of fused-ring (bicyclic) bond motifs is 1. The molecular formula is C21H25N5O2. The maximum atomic E-state index is 13.2. The average molecular weight is 379 g/mol. The van der Waals surface area contributed by atoms with Crippen molar-refractivity contribution in [3.05, 3.63) is 47.2 Å². The Bertz CT molecular complexity index is 1050. The Hall–Kier alpha value is -2.96. The molecule has 2 aromatic heterocycles. The van der Waals surface area contributed by atoms with Crippen molar-refractivity contribution in [1.29, 1.82) is 0 Å². The number of hydrogen-bond acceptors (Lipinski definition) is 4. The number of nitrogens with one attached hydrogen (secondary N) is 1. The Labute approximate surface area is 163 Å². The van der Waals surface area contributed by atoms with Crippen LogP contribution in [0, 0.1) is 6.92 Å². The smallest absolute Gasteiger partial charge is 0.243 e. The van der Waals surface area contributed by atoms with Crippen molar-refractivity contribution in [2.45, 2.75) is 52.6 Å². The fourth-order valence-electron chi connectivity index (χ4n) is 4.21. The zero-order valence-corrected chi connectivity index (χ0v) is 16.5. The molecule has 1 atom stereocenters. The molecule has 0 radical (unpaired) electrons. The van der Waals surface area contributed by atoms with Crippen LogP contribution in [-0.4, -0.2) is 42.9 Å². The molecule has 1 aliphatic heterocycles. The van der Waals surface area contributed by atoms with Gasteiger partial charge in [0.25, 0.3) is 0 Å². The van der Waals surface area contributed by atoms with Gasteiger partial charge in [0.05, 0.1) is 11.6 Å². The molecule has 4 rings (SSSR count). The summed E-state index contributed by atoms with van der Waals surface area (Å²) in [5.74, 6) is 1.48. The minimum atomic E-state index is -0.0859. The zero-order valence-electron chi connectivity index (χ0n) is 16.5. The van der Waals surface area contributed by atoms with Crippen LogP contribution in [0.1, 0.15) is 60.3 Å². The van der Waals surface area contributed by atoms with Gasteiger partial charge in [-0.25, -0.2) is 4.98 Å². The second-order valence-electron chi connectivity index (χ2n) is 7.42. The quantitative estimate of drug-likeness (QED) is 0.690. The van der Waals surface area contributed by atoms with Crippen molar-refractivity contribution in [3.63, 3.8) is 0 Å². The van der Waals surface area contributed by atoms with E-state index < -0.39 is 0 Å². The molecule has 1 saturated heterocycles. The molecule has 0 saturated carbocycles. The van der Waals surface area contributed by atoms with Gasteiger partial charge < -0.3 is 9.47 Å². The molecule has 28 heavy (non-hydrogen) atoms. The fourth-order valence-corrected chi connectivity index (χ4v) is 4.21. The summed E-state index contributed by atoms with van der Waals surface area (Å²) in [4.78, 5) is 31.6. The van der Waals surface area contributed by atoms with Crippen LogP contribution in [0.2, 0.25) is 0 Å². The normalized spacial score (nSPS) is 16.8. The maximum Gasteiger partial charge on any atom is 0.243 e. The summed E-state index contributed by atoms with van der Waals surface area (Å²) >= 11 is 0. The molecule has 0 spiro atoms. The standard InChI is InChI=1S/C21H25N5O2/c1-4-15-7-5-8-16-17(13(2)27)11-25(20(15)16)12-19(28)26-10-6-9-18(26)21-22-14(3)23-24-21/h5,7-8,11,18H,4,6,9-10,12H2,1-3H3,(H,22,23,24)/t18-/m1/s1. The number of para-hydroxylation sites is 1. The van der Waals surface area contributed by atoms with Crippen LogP contribution in [0.25, 0.3) is 10.9 Å². The number of likely N-dealkylation sites (tertiary alicyclic amines) is 1. The Morgan fingerprint density at radius 3 is 2.82 bits per heavy atom. The molecule has 1 aromatic carbocycles. The second-order valence-corrected chi connectivity index (χ2v) is 7.42. The Balaban J connectivity index is 1.68. The molecule has 7 nitrogen and oxygen atoms in total. The van der Waals surface area contributed by atoms with Gasteiger partial charge >= 0.3 is 0 Å². The number of aryl methyl sites for hydroxylation is 2. The number of ketones is 1. The monoisotopic (exact) mass is 379 g/mol. The molecule has 1 aliphatic rings. The van der Waals surface area contributed by atoms with Crippen molar-refractivity contribution < 1.29 is 9.59 Å². The van der Waals surface area contributed by atoms with Crippen LogP contribution in [0.15, 0.2) is 24.4 Å². The van der Waals surface area contributed by atoms with E-state index in [1.807, 2.05) is 34.7 Å². The van der Waals surface area contributed by atoms with Gasteiger partial charge in [0.2, 0.25) is 5.91 Å². The summed E-state index contributed by atoms with van der Waals surface area (Å²) in [7, 11) is 0. The summed E-state index contributed by atoms with van der Waals surface area (Å²) in [6.07, 6.45) is 4.48. The number of nitrogens with zero attached hydrogens (tertiary/aromatic N) is 4. The lowest BCUT2D eigenvalue weighted by atomic mass is 10.1. The molecule has 1 amide bonds. The molecule has 7 heteroatoms. The van der Waals surface area contributed by atoms with Crippen LogP contribution in [0.3, 0.4) is 0 Å². The molecule has 3 aromatic rings. The van der Waals surface area contributed by atoms with E-state index in [2.05, 4.69) is 28.2 Å². The first-order chi connectivity index (χ1) is 13.5. The molecule has 146 valence electrons. The fraction of sp³-hybridized carbons (Fsp3) is 0.429.